The highest BCUT2D eigenvalue weighted by Gasteiger charge is 2.20. The predicted molar refractivity (Wildman–Crippen MR) is 101 cm³/mol. The lowest BCUT2D eigenvalue weighted by molar-refractivity contribution is -0.152. The molecule has 0 aliphatic carbocycles. The van der Waals surface area contributed by atoms with Crippen molar-refractivity contribution in [1.29, 1.82) is 5.26 Å². The van der Waals surface area contributed by atoms with E-state index in [9.17, 15) is 9.59 Å². The van der Waals surface area contributed by atoms with E-state index in [0.29, 0.717) is 22.8 Å². The maximum Gasteiger partial charge on any atom is 0.312 e. The largest absolute Gasteiger partial charge is 0.452 e. The Labute approximate surface area is 161 Å². The van der Waals surface area contributed by atoms with E-state index < -0.39 is 18.0 Å². The highest BCUT2D eigenvalue weighted by Crippen LogP contribution is 2.18. The van der Waals surface area contributed by atoms with Gasteiger partial charge < -0.3 is 14.5 Å². The average Bonchev–Trinajstić information content (AvgIpc) is 3.17. The summed E-state index contributed by atoms with van der Waals surface area (Å²) in [6, 6.07) is 17.9. The number of anilines is 1. The topological polar surface area (TPSA) is 105 Å². The van der Waals surface area contributed by atoms with Gasteiger partial charge in [-0.25, -0.2) is 4.98 Å². The molecule has 1 atom stereocenters. The Morgan fingerprint density at radius 2 is 1.89 bits per heavy atom. The van der Waals surface area contributed by atoms with E-state index in [1.807, 2.05) is 36.4 Å². The molecule has 0 saturated carbocycles. The molecule has 1 N–H and O–H groups in total. The number of nitrogens with zero attached hydrogens (tertiary/aromatic N) is 2. The van der Waals surface area contributed by atoms with Crippen LogP contribution in [0.25, 0.3) is 11.5 Å². The number of oxazole rings is 1. The molecular formula is C21H17N3O4. The number of esters is 1. The fourth-order valence-electron chi connectivity index (χ4n) is 2.47. The molecule has 3 aromatic rings. The maximum atomic E-state index is 12.2. The Balaban J connectivity index is 1.56. The van der Waals surface area contributed by atoms with Crippen LogP contribution in [-0.2, 0) is 20.7 Å². The van der Waals surface area contributed by atoms with Gasteiger partial charge in [0.1, 0.15) is 12.3 Å². The summed E-state index contributed by atoms with van der Waals surface area (Å²) in [4.78, 5) is 28.6. The number of nitriles is 1. The summed E-state index contributed by atoms with van der Waals surface area (Å²) >= 11 is 0. The van der Waals surface area contributed by atoms with Gasteiger partial charge in [-0.2, -0.15) is 5.26 Å². The van der Waals surface area contributed by atoms with Crippen molar-refractivity contribution in [1.82, 2.24) is 4.98 Å². The van der Waals surface area contributed by atoms with Gasteiger partial charge in [0.15, 0.2) is 6.10 Å². The van der Waals surface area contributed by atoms with Crippen molar-refractivity contribution in [3.63, 3.8) is 0 Å². The average molecular weight is 375 g/mol. The highest BCUT2D eigenvalue weighted by atomic mass is 16.5. The molecule has 3 rings (SSSR count). The number of hydrogen-bond acceptors (Lipinski definition) is 6. The lowest BCUT2D eigenvalue weighted by atomic mass is 10.2. The van der Waals surface area contributed by atoms with Gasteiger partial charge in [-0.05, 0) is 31.2 Å². The number of hydrogen-bond donors (Lipinski definition) is 1. The Bertz CT molecular complexity index is 1020. The van der Waals surface area contributed by atoms with E-state index in [-0.39, 0.29) is 6.42 Å². The standard InChI is InChI=1S/C21H17N3O4/c1-14(20(26)24-18-10-6-5-9-16(18)12-22)28-19(25)11-17-13-27-21(23-17)15-7-3-2-4-8-15/h2-10,13-14H,11H2,1H3,(H,24,26). The van der Waals surface area contributed by atoms with E-state index in [0.717, 1.165) is 5.56 Å². The quantitative estimate of drug-likeness (QED) is 0.663. The van der Waals surface area contributed by atoms with Crippen LogP contribution < -0.4 is 5.32 Å². The van der Waals surface area contributed by atoms with Crippen molar-refractivity contribution in [3.8, 4) is 17.5 Å². The Hall–Kier alpha value is -3.92. The summed E-state index contributed by atoms with van der Waals surface area (Å²) in [6.07, 6.45) is 0.236. The number of carbonyl (C=O) groups excluding carboxylic acids is 2. The van der Waals surface area contributed by atoms with Gasteiger partial charge in [-0.1, -0.05) is 30.3 Å². The molecule has 2 aromatic carbocycles. The monoisotopic (exact) mass is 375 g/mol. The van der Waals surface area contributed by atoms with Crippen molar-refractivity contribution in [2.45, 2.75) is 19.4 Å². The second-order valence-corrected chi connectivity index (χ2v) is 5.97. The summed E-state index contributed by atoms with van der Waals surface area (Å²) in [5.74, 6) is -0.729. The third-order valence-corrected chi connectivity index (χ3v) is 3.88. The Kier molecular flexibility index (Phi) is 5.82. The minimum Gasteiger partial charge on any atom is -0.452 e. The summed E-state index contributed by atoms with van der Waals surface area (Å²) in [5.41, 5.74) is 1.89. The smallest absolute Gasteiger partial charge is 0.312 e. The molecule has 7 heteroatoms. The molecule has 0 aliphatic rings. The summed E-state index contributed by atoms with van der Waals surface area (Å²) in [6.45, 7) is 1.46. The fourth-order valence-corrected chi connectivity index (χ4v) is 2.47. The minimum atomic E-state index is -1.03. The molecular weight excluding hydrogens is 358 g/mol. The van der Waals surface area contributed by atoms with Crippen LogP contribution in [-0.4, -0.2) is 23.0 Å². The maximum absolute atomic E-state index is 12.2. The number of rotatable bonds is 6. The predicted octanol–water partition coefficient (Wildman–Crippen LogP) is 3.33. The number of carbonyl (C=O) groups is 2. The minimum absolute atomic E-state index is 0.122. The fraction of sp³-hybridized carbons (Fsp3) is 0.143. The normalized spacial score (nSPS) is 11.3. The van der Waals surface area contributed by atoms with Gasteiger partial charge in [0.2, 0.25) is 5.89 Å². The van der Waals surface area contributed by atoms with Crippen molar-refractivity contribution >= 4 is 17.6 Å². The van der Waals surface area contributed by atoms with E-state index in [4.69, 9.17) is 14.4 Å². The zero-order valence-corrected chi connectivity index (χ0v) is 15.1. The first-order chi connectivity index (χ1) is 13.6. The first-order valence-electron chi connectivity index (χ1n) is 8.56. The number of amides is 1. The van der Waals surface area contributed by atoms with Gasteiger partial charge in [0.05, 0.1) is 23.4 Å². The number of aromatic nitrogens is 1. The molecule has 1 aromatic heterocycles. The molecule has 7 nitrogen and oxygen atoms in total. The zero-order valence-electron chi connectivity index (χ0n) is 15.1. The molecule has 140 valence electrons. The molecule has 1 heterocycles. The summed E-state index contributed by atoms with van der Waals surface area (Å²) < 4.78 is 10.5. The third kappa shape index (κ3) is 4.62. The van der Waals surface area contributed by atoms with Crippen LogP contribution in [0.4, 0.5) is 5.69 Å². The number of benzene rings is 2. The Morgan fingerprint density at radius 1 is 1.18 bits per heavy atom. The van der Waals surface area contributed by atoms with Crippen molar-refractivity contribution in [2.75, 3.05) is 5.32 Å². The van der Waals surface area contributed by atoms with Gasteiger partial charge >= 0.3 is 5.97 Å². The molecule has 28 heavy (non-hydrogen) atoms. The van der Waals surface area contributed by atoms with Crippen LogP contribution in [0.1, 0.15) is 18.2 Å². The molecule has 0 saturated heterocycles. The van der Waals surface area contributed by atoms with Gasteiger partial charge in [0, 0.05) is 5.56 Å². The SMILES string of the molecule is CC(OC(=O)Cc1coc(-c2ccccc2)n1)C(=O)Nc1ccccc1C#N. The van der Waals surface area contributed by atoms with E-state index >= 15 is 0 Å². The molecule has 1 unspecified atom stereocenters. The third-order valence-electron chi connectivity index (χ3n) is 3.88. The van der Waals surface area contributed by atoms with Gasteiger partial charge in [0.25, 0.3) is 5.91 Å². The second kappa shape index (κ2) is 8.64. The van der Waals surface area contributed by atoms with Crippen LogP contribution in [0.3, 0.4) is 0 Å². The molecule has 0 aliphatic heterocycles. The van der Waals surface area contributed by atoms with Crippen molar-refractivity contribution in [3.05, 3.63) is 72.1 Å². The lowest BCUT2D eigenvalue weighted by Crippen LogP contribution is -2.30. The second-order valence-electron chi connectivity index (χ2n) is 5.97. The molecule has 1 amide bonds. The van der Waals surface area contributed by atoms with Crippen LogP contribution in [0.15, 0.2) is 65.3 Å². The van der Waals surface area contributed by atoms with E-state index in [1.54, 1.807) is 24.3 Å². The van der Waals surface area contributed by atoms with Crippen LogP contribution in [0.2, 0.25) is 0 Å². The summed E-state index contributed by atoms with van der Waals surface area (Å²) in [5, 5.41) is 11.6. The molecule has 0 fully saturated rings. The van der Waals surface area contributed by atoms with Crippen LogP contribution in [0, 0.1) is 11.3 Å². The van der Waals surface area contributed by atoms with E-state index in [1.165, 1.54) is 13.2 Å². The van der Waals surface area contributed by atoms with Crippen molar-refractivity contribution < 1.29 is 18.7 Å². The zero-order chi connectivity index (χ0) is 19.9. The van der Waals surface area contributed by atoms with Gasteiger partial charge in [-0.15, -0.1) is 0 Å². The Morgan fingerprint density at radius 3 is 2.64 bits per heavy atom. The molecule has 0 bridgehead atoms. The van der Waals surface area contributed by atoms with Crippen LogP contribution >= 0.6 is 0 Å². The first kappa shape index (κ1) is 18.9. The lowest BCUT2D eigenvalue weighted by Gasteiger charge is -2.13. The number of para-hydroxylation sites is 1. The highest BCUT2D eigenvalue weighted by molar-refractivity contribution is 5.96. The molecule has 0 radical (unpaired) electrons. The van der Waals surface area contributed by atoms with Gasteiger partial charge in [-0.3, -0.25) is 9.59 Å². The van der Waals surface area contributed by atoms with E-state index in [2.05, 4.69) is 10.3 Å². The molecule has 0 spiro atoms. The van der Waals surface area contributed by atoms with Crippen LogP contribution in [0.5, 0.6) is 0 Å². The first-order valence-corrected chi connectivity index (χ1v) is 8.56. The number of nitrogens with one attached hydrogen (secondary N) is 1. The number of ether oxygens (including phenoxy) is 1. The summed E-state index contributed by atoms with van der Waals surface area (Å²) in [7, 11) is 0. The van der Waals surface area contributed by atoms with Crippen molar-refractivity contribution in [2.24, 2.45) is 0 Å².